The standard InChI is InChI=1S/C22H26O6/c1-20(12-23)9-6-10-21(2)17(20)16(11-15-19(25)27-13-22(15,21)26)28-18(24)14-7-4-3-5-8-14/h3-5,7-8,11,16-17,23,26H,6,9-10,12-13H2,1-2H3. The van der Waals surface area contributed by atoms with E-state index in [2.05, 4.69) is 0 Å². The lowest BCUT2D eigenvalue weighted by Gasteiger charge is -2.60. The van der Waals surface area contributed by atoms with Crippen molar-refractivity contribution in [1.29, 1.82) is 0 Å². The molecule has 1 aromatic rings. The quantitative estimate of drug-likeness (QED) is 0.774. The molecule has 0 radical (unpaired) electrons. The van der Waals surface area contributed by atoms with Gasteiger partial charge in [-0.25, -0.2) is 9.59 Å². The largest absolute Gasteiger partial charge is 0.459 e. The lowest BCUT2D eigenvalue weighted by Crippen LogP contribution is -2.65. The summed E-state index contributed by atoms with van der Waals surface area (Å²) in [7, 11) is 0. The average molecular weight is 386 g/mol. The van der Waals surface area contributed by atoms with Gasteiger partial charge in [-0.1, -0.05) is 38.5 Å². The zero-order chi connectivity index (χ0) is 20.2. The number of rotatable bonds is 3. The summed E-state index contributed by atoms with van der Waals surface area (Å²) in [6.45, 7) is 3.67. The van der Waals surface area contributed by atoms with E-state index in [0.717, 1.165) is 12.8 Å². The molecule has 5 unspecified atom stereocenters. The molecule has 2 N–H and O–H groups in total. The van der Waals surface area contributed by atoms with Gasteiger partial charge in [-0.15, -0.1) is 0 Å². The van der Waals surface area contributed by atoms with Crippen molar-refractivity contribution < 1.29 is 29.3 Å². The normalized spacial score (nSPS) is 39.4. The summed E-state index contributed by atoms with van der Waals surface area (Å²) < 4.78 is 11.1. The van der Waals surface area contributed by atoms with Crippen LogP contribution in [0.15, 0.2) is 42.0 Å². The molecule has 1 saturated carbocycles. The van der Waals surface area contributed by atoms with Crippen molar-refractivity contribution in [3.63, 3.8) is 0 Å². The maximum Gasteiger partial charge on any atom is 0.338 e. The molecule has 0 amide bonds. The van der Waals surface area contributed by atoms with Gasteiger partial charge in [0.2, 0.25) is 0 Å². The number of hydrogen-bond acceptors (Lipinski definition) is 6. The van der Waals surface area contributed by atoms with E-state index >= 15 is 0 Å². The molecular formula is C22H26O6. The van der Waals surface area contributed by atoms with Gasteiger partial charge in [-0.2, -0.15) is 0 Å². The minimum Gasteiger partial charge on any atom is -0.459 e. The zero-order valence-electron chi connectivity index (χ0n) is 16.2. The number of cyclic esters (lactones) is 1. The number of carbonyl (C=O) groups is 2. The molecule has 6 heteroatoms. The molecule has 2 fully saturated rings. The van der Waals surface area contributed by atoms with Gasteiger partial charge in [0.05, 0.1) is 11.1 Å². The minimum atomic E-state index is -1.44. The Morgan fingerprint density at radius 1 is 1.25 bits per heavy atom. The highest BCUT2D eigenvalue weighted by Gasteiger charge is 2.68. The number of benzene rings is 1. The maximum absolute atomic E-state index is 12.8. The van der Waals surface area contributed by atoms with Crippen LogP contribution in [0.25, 0.3) is 0 Å². The van der Waals surface area contributed by atoms with Gasteiger partial charge in [-0.3, -0.25) is 0 Å². The summed E-state index contributed by atoms with van der Waals surface area (Å²) in [5.41, 5.74) is -2.18. The van der Waals surface area contributed by atoms with E-state index in [4.69, 9.17) is 9.47 Å². The van der Waals surface area contributed by atoms with E-state index < -0.39 is 34.5 Å². The molecule has 0 aromatic heterocycles. The third-order valence-electron chi connectivity index (χ3n) is 7.18. The van der Waals surface area contributed by atoms with Crippen LogP contribution in [0.3, 0.4) is 0 Å². The second-order valence-electron chi connectivity index (χ2n) is 8.81. The first kappa shape index (κ1) is 19.2. The van der Waals surface area contributed by atoms with Crippen molar-refractivity contribution in [2.75, 3.05) is 13.2 Å². The van der Waals surface area contributed by atoms with E-state index in [1.807, 2.05) is 19.9 Å². The van der Waals surface area contributed by atoms with Crippen LogP contribution < -0.4 is 0 Å². The number of esters is 2. The number of aliphatic hydroxyl groups excluding tert-OH is 1. The highest BCUT2D eigenvalue weighted by molar-refractivity contribution is 5.94. The Hall–Kier alpha value is -2.18. The lowest BCUT2D eigenvalue weighted by molar-refractivity contribution is -0.185. The molecule has 6 nitrogen and oxygen atoms in total. The van der Waals surface area contributed by atoms with Crippen LogP contribution >= 0.6 is 0 Å². The Bertz CT molecular complexity index is 833. The first-order valence-corrected chi connectivity index (χ1v) is 9.74. The Balaban J connectivity index is 1.80. The van der Waals surface area contributed by atoms with Crippen molar-refractivity contribution in [1.82, 2.24) is 0 Å². The number of fused-ring (bicyclic) bond motifs is 3. The van der Waals surface area contributed by atoms with E-state index in [9.17, 15) is 19.8 Å². The van der Waals surface area contributed by atoms with Gasteiger partial charge in [0.15, 0.2) is 0 Å². The fourth-order valence-corrected chi connectivity index (χ4v) is 5.64. The van der Waals surface area contributed by atoms with E-state index in [0.29, 0.717) is 12.0 Å². The molecule has 3 aliphatic rings. The molecule has 1 heterocycles. The second kappa shape index (κ2) is 6.42. The van der Waals surface area contributed by atoms with Gasteiger partial charge < -0.3 is 19.7 Å². The first-order valence-electron chi connectivity index (χ1n) is 9.74. The van der Waals surface area contributed by atoms with Crippen molar-refractivity contribution in [3.05, 3.63) is 47.5 Å². The first-order chi connectivity index (χ1) is 13.2. The van der Waals surface area contributed by atoms with Crippen LogP contribution in [0.1, 0.15) is 43.5 Å². The maximum atomic E-state index is 12.8. The van der Waals surface area contributed by atoms with E-state index in [-0.39, 0.29) is 24.7 Å². The van der Waals surface area contributed by atoms with E-state index in [1.165, 1.54) is 0 Å². The molecule has 4 rings (SSSR count). The Labute approximate surface area is 164 Å². The van der Waals surface area contributed by atoms with Crippen LogP contribution in [0.2, 0.25) is 0 Å². The zero-order valence-corrected chi connectivity index (χ0v) is 16.2. The average Bonchev–Trinajstić information content (AvgIpc) is 2.98. The molecule has 1 aromatic carbocycles. The van der Waals surface area contributed by atoms with Gasteiger partial charge >= 0.3 is 11.9 Å². The molecule has 28 heavy (non-hydrogen) atoms. The summed E-state index contributed by atoms with van der Waals surface area (Å²) in [6, 6.07) is 8.67. The molecule has 1 aliphatic heterocycles. The van der Waals surface area contributed by atoms with Gasteiger partial charge in [0.1, 0.15) is 18.3 Å². The summed E-state index contributed by atoms with van der Waals surface area (Å²) in [4.78, 5) is 25.1. The van der Waals surface area contributed by atoms with Crippen LogP contribution in [0, 0.1) is 16.7 Å². The molecule has 150 valence electrons. The molecule has 0 bridgehead atoms. The van der Waals surface area contributed by atoms with Crippen LogP contribution in [0.4, 0.5) is 0 Å². The second-order valence-corrected chi connectivity index (χ2v) is 8.81. The molecule has 0 spiro atoms. The summed E-state index contributed by atoms with van der Waals surface area (Å²) in [6.07, 6.45) is 3.00. The highest BCUT2D eigenvalue weighted by atomic mass is 16.6. The fourth-order valence-electron chi connectivity index (χ4n) is 5.64. The Morgan fingerprint density at radius 3 is 2.64 bits per heavy atom. The third kappa shape index (κ3) is 2.54. The predicted molar refractivity (Wildman–Crippen MR) is 100 cm³/mol. The third-order valence-corrected chi connectivity index (χ3v) is 7.18. The minimum absolute atomic E-state index is 0.0965. The fraction of sp³-hybridized carbons (Fsp3) is 0.545. The van der Waals surface area contributed by atoms with Crippen molar-refractivity contribution in [3.8, 4) is 0 Å². The predicted octanol–water partition coefficient (Wildman–Crippen LogP) is 2.24. The molecular weight excluding hydrogens is 360 g/mol. The Kier molecular flexibility index (Phi) is 4.39. The number of ether oxygens (including phenoxy) is 2. The van der Waals surface area contributed by atoms with Gasteiger partial charge in [0.25, 0.3) is 0 Å². The summed E-state index contributed by atoms with van der Waals surface area (Å²) in [5.74, 6) is -1.42. The van der Waals surface area contributed by atoms with Crippen molar-refractivity contribution >= 4 is 11.9 Å². The monoisotopic (exact) mass is 386 g/mol. The Morgan fingerprint density at radius 2 is 1.96 bits per heavy atom. The van der Waals surface area contributed by atoms with Crippen LogP contribution in [-0.4, -0.2) is 47.1 Å². The molecule has 5 atom stereocenters. The highest BCUT2D eigenvalue weighted by Crippen LogP contribution is 2.63. The topological polar surface area (TPSA) is 93.1 Å². The van der Waals surface area contributed by atoms with Crippen LogP contribution in [-0.2, 0) is 14.3 Å². The van der Waals surface area contributed by atoms with Gasteiger partial charge in [-0.05, 0) is 36.5 Å². The SMILES string of the molecule is CC1(CO)CCCC2(C)C1C(OC(=O)c1ccccc1)C=C1C(=O)OCC12O. The van der Waals surface area contributed by atoms with Crippen molar-refractivity contribution in [2.24, 2.45) is 16.7 Å². The number of carbonyl (C=O) groups excluding carboxylic acids is 2. The molecule has 2 aliphatic carbocycles. The lowest BCUT2D eigenvalue weighted by atomic mass is 9.46. The van der Waals surface area contributed by atoms with Crippen molar-refractivity contribution in [2.45, 2.75) is 44.8 Å². The summed E-state index contributed by atoms with van der Waals surface area (Å²) in [5, 5.41) is 21.7. The number of aliphatic hydroxyl groups is 2. The molecule has 1 saturated heterocycles. The van der Waals surface area contributed by atoms with Gasteiger partial charge in [0, 0.05) is 17.9 Å². The summed E-state index contributed by atoms with van der Waals surface area (Å²) >= 11 is 0. The van der Waals surface area contributed by atoms with E-state index in [1.54, 1.807) is 30.3 Å². The van der Waals surface area contributed by atoms with Crippen LogP contribution in [0.5, 0.6) is 0 Å². The smallest absolute Gasteiger partial charge is 0.338 e. The number of hydrogen-bond donors (Lipinski definition) is 2.